The van der Waals surface area contributed by atoms with Crippen LogP contribution in [0.25, 0.3) is 11.3 Å². The lowest BCUT2D eigenvalue weighted by molar-refractivity contribution is -0.145. The van der Waals surface area contributed by atoms with Gasteiger partial charge in [-0.25, -0.2) is 27.2 Å². The summed E-state index contributed by atoms with van der Waals surface area (Å²) in [5.74, 6) is -2.78. The fraction of sp³-hybridized carbons (Fsp3) is 0.304. The Morgan fingerprint density at radius 2 is 1.76 bits per heavy atom. The van der Waals surface area contributed by atoms with Crippen LogP contribution in [0.5, 0.6) is 0 Å². The van der Waals surface area contributed by atoms with Crippen LogP contribution in [0.1, 0.15) is 24.7 Å². The van der Waals surface area contributed by atoms with Gasteiger partial charge in [0.25, 0.3) is 0 Å². The van der Waals surface area contributed by atoms with Crippen LogP contribution in [0.2, 0.25) is 5.02 Å². The van der Waals surface area contributed by atoms with Crippen LogP contribution >= 0.6 is 11.6 Å². The first-order valence-corrected chi connectivity index (χ1v) is 12.9. The SMILES string of the molecule is CC1C(F)CC(C(=O)NCc2cc(-c3cnc(C(F)(F)F)nc3)ncc2Cl)N1S(=O)(=O)c1ccc(F)cc1. The summed E-state index contributed by atoms with van der Waals surface area (Å²) in [6.45, 7) is 1.11. The number of halogens is 6. The van der Waals surface area contributed by atoms with Crippen molar-refractivity contribution in [3.63, 3.8) is 0 Å². The van der Waals surface area contributed by atoms with Crippen molar-refractivity contribution in [2.45, 2.75) is 49.2 Å². The number of nitrogens with one attached hydrogen (secondary N) is 1. The van der Waals surface area contributed by atoms with Crippen LogP contribution in [0.3, 0.4) is 0 Å². The van der Waals surface area contributed by atoms with Crippen molar-refractivity contribution in [2.75, 3.05) is 0 Å². The summed E-state index contributed by atoms with van der Waals surface area (Å²) in [4.78, 5) is 23.3. The molecule has 1 N–H and O–H groups in total. The van der Waals surface area contributed by atoms with Crippen molar-refractivity contribution >= 4 is 27.5 Å². The molecule has 0 saturated carbocycles. The van der Waals surface area contributed by atoms with Gasteiger partial charge in [0.2, 0.25) is 21.8 Å². The highest BCUT2D eigenvalue weighted by atomic mass is 35.5. The Morgan fingerprint density at radius 1 is 1.13 bits per heavy atom. The quantitative estimate of drug-likeness (QED) is 0.443. The van der Waals surface area contributed by atoms with E-state index in [9.17, 15) is 35.2 Å². The number of amides is 1. The van der Waals surface area contributed by atoms with E-state index in [-0.39, 0.29) is 27.7 Å². The average Bonchev–Trinajstić information content (AvgIpc) is 3.18. The summed E-state index contributed by atoms with van der Waals surface area (Å²) in [5, 5.41) is 2.64. The summed E-state index contributed by atoms with van der Waals surface area (Å²) in [5.41, 5.74) is 0.635. The van der Waals surface area contributed by atoms with Crippen molar-refractivity contribution in [2.24, 2.45) is 0 Å². The highest BCUT2D eigenvalue weighted by Crippen LogP contribution is 2.33. The summed E-state index contributed by atoms with van der Waals surface area (Å²) in [6, 6.07) is 2.80. The molecule has 1 fully saturated rings. The molecule has 0 bridgehead atoms. The smallest absolute Gasteiger partial charge is 0.351 e. The van der Waals surface area contributed by atoms with Gasteiger partial charge in [-0.05, 0) is 42.8 Å². The van der Waals surface area contributed by atoms with Crippen molar-refractivity contribution in [1.29, 1.82) is 0 Å². The molecule has 8 nitrogen and oxygen atoms in total. The average molecular weight is 576 g/mol. The number of pyridine rings is 1. The number of carbonyl (C=O) groups is 1. The van der Waals surface area contributed by atoms with Crippen LogP contribution in [0.4, 0.5) is 22.0 Å². The standard InChI is InChI=1S/C23H19ClF5N5O3S/c1-12-18(26)7-20(34(12)38(36,37)16-4-2-15(25)3-5-16)21(35)31-8-13-6-19(30-11-17(13)24)14-9-32-22(33-10-14)23(27,28)29/h2-6,9-12,18,20H,7-8H2,1H3,(H,31,35). The van der Waals surface area contributed by atoms with Gasteiger partial charge in [-0.15, -0.1) is 0 Å². The zero-order valence-electron chi connectivity index (χ0n) is 19.5. The van der Waals surface area contributed by atoms with E-state index in [1.54, 1.807) is 0 Å². The number of carbonyl (C=O) groups excluding carboxylic acids is 1. The zero-order valence-corrected chi connectivity index (χ0v) is 21.0. The van der Waals surface area contributed by atoms with Crippen LogP contribution in [0.15, 0.2) is 53.8 Å². The van der Waals surface area contributed by atoms with Gasteiger partial charge in [0, 0.05) is 37.1 Å². The first-order chi connectivity index (χ1) is 17.8. The molecule has 3 aromatic rings. The predicted octanol–water partition coefficient (Wildman–Crippen LogP) is 4.16. The molecule has 1 aliphatic rings. The fourth-order valence-electron chi connectivity index (χ4n) is 3.98. The minimum absolute atomic E-state index is 0.112. The van der Waals surface area contributed by atoms with Gasteiger partial charge in [0.1, 0.15) is 18.0 Å². The van der Waals surface area contributed by atoms with Gasteiger partial charge in [-0.3, -0.25) is 9.78 Å². The van der Waals surface area contributed by atoms with E-state index in [4.69, 9.17) is 11.6 Å². The molecule has 38 heavy (non-hydrogen) atoms. The van der Waals surface area contributed by atoms with Gasteiger partial charge >= 0.3 is 6.18 Å². The van der Waals surface area contributed by atoms with Crippen LogP contribution in [-0.2, 0) is 27.5 Å². The second-order valence-corrected chi connectivity index (χ2v) is 10.7. The van der Waals surface area contributed by atoms with E-state index < -0.39 is 58.4 Å². The van der Waals surface area contributed by atoms with Crippen molar-refractivity contribution in [3.8, 4) is 11.3 Å². The van der Waals surface area contributed by atoms with E-state index in [1.165, 1.54) is 19.2 Å². The Balaban J connectivity index is 1.53. The topological polar surface area (TPSA) is 105 Å². The second kappa shape index (κ2) is 10.5. The summed E-state index contributed by atoms with van der Waals surface area (Å²) >= 11 is 6.16. The zero-order chi connectivity index (χ0) is 27.8. The van der Waals surface area contributed by atoms with Crippen molar-refractivity contribution in [3.05, 3.63) is 71.2 Å². The number of hydrogen-bond donors (Lipinski definition) is 1. The maximum atomic E-state index is 14.6. The molecule has 1 saturated heterocycles. The molecular weight excluding hydrogens is 557 g/mol. The molecule has 202 valence electrons. The van der Waals surface area contributed by atoms with Gasteiger partial charge in [-0.2, -0.15) is 17.5 Å². The molecule has 3 heterocycles. The number of aromatic nitrogens is 3. The minimum Gasteiger partial charge on any atom is -0.351 e. The van der Waals surface area contributed by atoms with E-state index in [0.29, 0.717) is 5.56 Å². The number of nitrogens with zero attached hydrogens (tertiary/aromatic N) is 4. The predicted molar refractivity (Wildman–Crippen MR) is 125 cm³/mol. The molecule has 1 amide bonds. The Kier molecular flexibility index (Phi) is 7.68. The molecule has 3 atom stereocenters. The number of sulfonamides is 1. The third-order valence-electron chi connectivity index (χ3n) is 5.96. The summed E-state index contributed by atoms with van der Waals surface area (Å²) in [6.07, 6.45) is -3.64. The molecule has 4 rings (SSSR count). The number of alkyl halides is 4. The third kappa shape index (κ3) is 5.61. The number of hydrogen-bond acceptors (Lipinski definition) is 6. The number of benzene rings is 1. The molecule has 0 radical (unpaired) electrons. The van der Waals surface area contributed by atoms with E-state index in [2.05, 4.69) is 20.3 Å². The second-order valence-electron chi connectivity index (χ2n) is 8.47. The molecule has 1 aliphatic heterocycles. The molecule has 1 aromatic carbocycles. The largest absolute Gasteiger partial charge is 0.451 e. The van der Waals surface area contributed by atoms with Crippen LogP contribution in [-0.4, -0.2) is 51.8 Å². The third-order valence-corrected chi connectivity index (χ3v) is 8.31. The lowest BCUT2D eigenvalue weighted by atomic mass is 10.1. The molecular formula is C23H19ClF5N5O3S. The number of rotatable bonds is 6. The fourth-order valence-corrected chi connectivity index (χ4v) is 5.96. The Bertz CT molecular complexity index is 1440. The minimum atomic E-state index is -4.71. The first kappa shape index (κ1) is 27.8. The maximum absolute atomic E-state index is 14.6. The lowest BCUT2D eigenvalue weighted by Crippen LogP contribution is -2.48. The van der Waals surface area contributed by atoms with Crippen LogP contribution in [0, 0.1) is 5.82 Å². The highest BCUT2D eigenvalue weighted by molar-refractivity contribution is 7.89. The van der Waals surface area contributed by atoms with Crippen molar-refractivity contribution < 1.29 is 35.2 Å². The Labute approximate surface area is 218 Å². The lowest BCUT2D eigenvalue weighted by Gasteiger charge is -2.27. The normalized spacial score (nSPS) is 20.4. The molecule has 0 aliphatic carbocycles. The highest BCUT2D eigenvalue weighted by Gasteiger charge is 2.49. The van der Waals surface area contributed by atoms with Crippen LogP contribution < -0.4 is 5.32 Å². The van der Waals surface area contributed by atoms with Gasteiger partial charge < -0.3 is 5.32 Å². The van der Waals surface area contributed by atoms with E-state index in [1.807, 2.05) is 0 Å². The molecule has 0 spiro atoms. The Morgan fingerprint density at radius 3 is 2.37 bits per heavy atom. The van der Waals surface area contributed by atoms with E-state index >= 15 is 0 Å². The summed E-state index contributed by atoms with van der Waals surface area (Å²) < 4.78 is 93.2. The van der Waals surface area contributed by atoms with Gasteiger partial charge in [0.05, 0.1) is 21.7 Å². The van der Waals surface area contributed by atoms with Gasteiger partial charge in [0.15, 0.2) is 0 Å². The van der Waals surface area contributed by atoms with E-state index in [0.717, 1.165) is 41.0 Å². The molecule has 3 unspecified atom stereocenters. The van der Waals surface area contributed by atoms with Crippen molar-refractivity contribution in [1.82, 2.24) is 24.6 Å². The summed E-state index contributed by atoms with van der Waals surface area (Å²) in [7, 11) is -4.34. The van der Waals surface area contributed by atoms with Gasteiger partial charge in [-0.1, -0.05) is 11.6 Å². The maximum Gasteiger partial charge on any atom is 0.451 e. The molecule has 2 aromatic heterocycles. The molecule has 15 heteroatoms. The monoisotopic (exact) mass is 575 g/mol. The Hall–Kier alpha value is -3.23. The first-order valence-electron chi connectivity index (χ1n) is 11.0.